The quantitative estimate of drug-likeness (QED) is 0.244. The Balaban J connectivity index is 1.42. The van der Waals surface area contributed by atoms with Crippen molar-refractivity contribution in [2.24, 2.45) is 5.92 Å². The summed E-state index contributed by atoms with van der Waals surface area (Å²) in [7, 11) is 0. The highest BCUT2D eigenvalue weighted by atomic mass is 16.5. The molecule has 2 heterocycles. The fraction of sp³-hybridized carbons (Fsp3) is 0.344. The SMILES string of the molecule is C=CCCOc1ccc2ccc(=O)n(CCN3CC[C@H](NC(=O)OCc4ccccc4)[C@H](C(=O)NCC=C)C3)c2c1. The second-order valence-electron chi connectivity index (χ2n) is 10.0. The average molecular weight is 559 g/mol. The van der Waals surface area contributed by atoms with Gasteiger partial charge in [-0.1, -0.05) is 42.5 Å². The molecule has 1 fully saturated rings. The Kier molecular flexibility index (Phi) is 10.7. The third kappa shape index (κ3) is 8.31. The molecule has 4 rings (SSSR count). The minimum atomic E-state index is -0.553. The molecular weight excluding hydrogens is 520 g/mol. The monoisotopic (exact) mass is 558 g/mol. The van der Waals surface area contributed by atoms with E-state index in [2.05, 4.69) is 28.7 Å². The number of hydrogen-bond acceptors (Lipinski definition) is 6. The van der Waals surface area contributed by atoms with Crippen LogP contribution in [0.3, 0.4) is 0 Å². The van der Waals surface area contributed by atoms with Crippen molar-refractivity contribution in [1.82, 2.24) is 20.1 Å². The van der Waals surface area contributed by atoms with Crippen LogP contribution < -0.4 is 20.9 Å². The van der Waals surface area contributed by atoms with Crippen LogP contribution in [0.15, 0.2) is 90.8 Å². The molecule has 2 amide bonds. The van der Waals surface area contributed by atoms with Crippen LogP contribution in [0.1, 0.15) is 18.4 Å². The van der Waals surface area contributed by atoms with Crippen LogP contribution in [0.5, 0.6) is 5.75 Å². The molecule has 0 spiro atoms. The molecule has 41 heavy (non-hydrogen) atoms. The maximum atomic E-state index is 13.1. The average Bonchev–Trinajstić information content (AvgIpc) is 2.99. The first-order chi connectivity index (χ1) is 20.0. The second kappa shape index (κ2) is 14.9. The van der Waals surface area contributed by atoms with Crippen LogP contribution >= 0.6 is 0 Å². The molecule has 2 N–H and O–H groups in total. The smallest absolute Gasteiger partial charge is 0.407 e. The zero-order chi connectivity index (χ0) is 29.0. The molecule has 9 heteroatoms. The first-order valence-corrected chi connectivity index (χ1v) is 13.9. The van der Waals surface area contributed by atoms with Crippen LogP contribution in [0, 0.1) is 5.92 Å². The van der Waals surface area contributed by atoms with Gasteiger partial charge in [-0.15, -0.1) is 13.2 Å². The minimum Gasteiger partial charge on any atom is -0.493 e. The van der Waals surface area contributed by atoms with Crippen molar-refractivity contribution in [3.05, 3.63) is 102 Å². The van der Waals surface area contributed by atoms with E-state index in [4.69, 9.17) is 9.47 Å². The molecule has 0 aliphatic carbocycles. The fourth-order valence-corrected chi connectivity index (χ4v) is 4.97. The van der Waals surface area contributed by atoms with Crippen molar-refractivity contribution in [2.75, 3.05) is 32.8 Å². The van der Waals surface area contributed by atoms with Crippen LogP contribution in [0.25, 0.3) is 10.9 Å². The number of fused-ring (bicyclic) bond motifs is 1. The van der Waals surface area contributed by atoms with E-state index >= 15 is 0 Å². The Hall–Kier alpha value is -4.37. The van der Waals surface area contributed by atoms with Crippen molar-refractivity contribution in [3.63, 3.8) is 0 Å². The molecule has 0 bridgehead atoms. The van der Waals surface area contributed by atoms with Gasteiger partial charge < -0.3 is 29.6 Å². The van der Waals surface area contributed by atoms with E-state index in [1.54, 1.807) is 22.8 Å². The van der Waals surface area contributed by atoms with Gasteiger partial charge in [0, 0.05) is 50.9 Å². The predicted octanol–water partition coefficient (Wildman–Crippen LogP) is 3.88. The van der Waals surface area contributed by atoms with Gasteiger partial charge in [0.1, 0.15) is 12.4 Å². The topological polar surface area (TPSA) is 102 Å². The summed E-state index contributed by atoms with van der Waals surface area (Å²) < 4.78 is 13.0. The van der Waals surface area contributed by atoms with E-state index in [0.717, 1.165) is 22.9 Å². The second-order valence-corrected chi connectivity index (χ2v) is 10.0. The lowest BCUT2D eigenvalue weighted by Crippen LogP contribution is -2.56. The standard InChI is InChI=1S/C32H38N4O5/c1-3-5-20-40-26-13-11-25-12-14-30(37)36(29(25)21-26)19-18-35-17-15-28(27(22-35)31(38)33-16-4-2)34-32(39)41-23-24-9-7-6-8-10-24/h3-4,6-14,21,27-28H,1-2,5,15-20,22-23H2,(H,33,38)(H,34,39)/t27-,28+/m1/s1. The van der Waals surface area contributed by atoms with Gasteiger partial charge in [0.2, 0.25) is 5.91 Å². The fourth-order valence-electron chi connectivity index (χ4n) is 4.97. The number of rotatable bonds is 13. The van der Waals surface area contributed by atoms with E-state index in [9.17, 15) is 14.4 Å². The first kappa shape index (κ1) is 29.6. The maximum absolute atomic E-state index is 13.1. The van der Waals surface area contributed by atoms with Gasteiger partial charge in [0.25, 0.3) is 5.56 Å². The zero-order valence-electron chi connectivity index (χ0n) is 23.3. The zero-order valence-corrected chi connectivity index (χ0v) is 23.3. The Morgan fingerprint density at radius 1 is 1.02 bits per heavy atom. The van der Waals surface area contributed by atoms with Crippen LogP contribution in [0.4, 0.5) is 4.79 Å². The molecule has 2 atom stereocenters. The molecule has 1 aliphatic heterocycles. The predicted molar refractivity (Wildman–Crippen MR) is 160 cm³/mol. The van der Waals surface area contributed by atoms with Gasteiger partial charge in [-0.2, -0.15) is 0 Å². The normalized spacial score (nSPS) is 17.0. The number of pyridine rings is 1. The number of likely N-dealkylation sites (tertiary alicyclic amines) is 1. The molecule has 0 radical (unpaired) electrons. The Bertz CT molecular complexity index is 1400. The van der Waals surface area contributed by atoms with Crippen LogP contribution in [-0.2, 0) is 22.7 Å². The summed E-state index contributed by atoms with van der Waals surface area (Å²) in [5.41, 5.74) is 1.59. The van der Waals surface area contributed by atoms with Crippen LogP contribution in [0.2, 0.25) is 0 Å². The summed E-state index contributed by atoms with van der Waals surface area (Å²) in [4.78, 5) is 40.7. The molecule has 0 unspecified atom stereocenters. The van der Waals surface area contributed by atoms with Crippen molar-refractivity contribution >= 4 is 22.9 Å². The Morgan fingerprint density at radius 2 is 1.83 bits per heavy atom. The molecule has 3 aromatic rings. The summed E-state index contributed by atoms with van der Waals surface area (Å²) in [6, 6.07) is 18.2. The molecule has 1 aliphatic rings. The molecule has 9 nitrogen and oxygen atoms in total. The number of benzene rings is 2. The largest absolute Gasteiger partial charge is 0.493 e. The van der Waals surface area contributed by atoms with E-state index in [0.29, 0.717) is 51.5 Å². The molecule has 1 saturated heterocycles. The van der Waals surface area contributed by atoms with Gasteiger partial charge in [-0.3, -0.25) is 9.59 Å². The molecule has 0 saturated carbocycles. The summed E-state index contributed by atoms with van der Waals surface area (Å²) >= 11 is 0. The first-order valence-electron chi connectivity index (χ1n) is 13.9. The number of amides is 2. The highest BCUT2D eigenvalue weighted by Gasteiger charge is 2.35. The van der Waals surface area contributed by atoms with E-state index in [1.165, 1.54) is 0 Å². The van der Waals surface area contributed by atoms with E-state index in [-0.39, 0.29) is 24.1 Å². The molecular formula is C32H38N4O5. The number of ether oxygens (including phenoxy) is 2. The summed E-state index contributed by atoms with van der Waals surface area (Å²) in [6.45, 7) is 10.5. The number of alkyl carbamates (subject to hydrolysis) is 1. The number of aromatic nitrogens is 1. The van der Waals surface area contributed by atoms with Gasteiger partial charge >= 0.3 is 6.09 Å². The molecule has 1 aromatic heterocycles. The highest BCUT2D eigenvalue weighted by molar-refractivity contribution is 5.81. The Labute approximate surface area is 240 Å². The Morgan fingerprint density at radius 3 is 2.61 bits per heavy atom. The number of nitrogens with zero attached hydrogens (tertiary/aromatic N) is 2. The van der Waals surface area contributed by atoms with Crippen molar-refractivity contribution < 1.29 is 19.1 Å². The lowest BCUT2D eigenvalue weighted by Gasteiger charge is -2.38. The molecule has 2 aromatic carbocycles. The number of piperidine rings is 1. The van der Waals surface area contributed by atoms with Crippen molar-refractivity contribution in [2.45, 2.75) is 32.0 Å². The van der Waals surface area contributed by atoms with Gasteiger partial charge in [0.15, 0.2) is 0 Å². The summed E-state index contributed by atoms with van der Waals surface area (Å²) in [5, 5.41) is 6.71. The van der Waals surface area contributed by atoms with Crippen molar-refractivity contribution in [3.8, 4) is 5.75 Å². The summed E-state index contributed by atoms with van der Waals surface area (Å²) in [6.07, 6.45) is 4.17. The summed E-state index contributed by atoms with van der Waals surface area (Å²) in [5.74, 6) is 0.0531. The highest BCUT2D eigenvalue weighted by Crippen LogP contribution is 2.22. The minimum absolute atomic E-state index is 0.0984. The van der Waals surface area contributed by atoms with Gasteiger partial charge in [0.05, 0.1) is 18.0 Å². The number of nitrogens with one attached hydrogen (secondary N) is 2. The number of carbonyl (C=O) groups excluding carboxylic acids is 2. The molecule has 216 valence electrons. The third-order valence-corrected chi connectivity index (χ3v) is 7.17. The van der Waals surface area contributed by atoms with E-state index in [1.807, 2.05) is 54.6 Å². The maximum Gasteiger partial charge on any atom is 0.407 e. The van der Waals surface area contributed by atoms with E-state index < -0.39 is 12.0 Å². The number of hydrogen-bond donors (Lipinski definition) is 2. The number of carbonyl (C=O) groups is 2. The van der Waals surface area contributed by atoms with Crippen molar-refractivity contribution in [1.29, 1.82) is 0 Å². The van der Waals surface area contributed by atoms with Gasteiger partial charge in [-0.05, 0) is 42.0 Å². The van der Waals surface area contributed by atoms with Gasteiger partial charge in [-0.25, -0.2) is 4.79 Å². The lowest BCUT2D eigenvalue weighted by atomic mass is 9.91. The third-order valence-electron chi connectivity index (χ3n) is 7.17. The lowest BCUT2D eigenvalue weighted by molar-refractivity contribution is -0.127. The van der Waals surface area contributed by atoms with Crippen LogP contribution in [-0.4, -0.2) is 60.3 Å².